The van der Waals surface area contributed by atoms with Crippen LogP contribution in [0, 0.1) is 12.7 Å². The molecule has 3 rings (SSSR count). The molecule has 0 unspecified atom stereocenters. The number of nitrogens with one attached hydrogen (secondary N) is 1. The van der Waals surface area contributed by atoms with Gasteiger partial charge in [0.1, 0.15) is 5.82 Å². The van der Waals surface area contributed by atoms with Crippen LogP contribution < -0.4 is 10.2 Å². The van der Waals surface area contributed by atoms with E-state index in [-0.39, 0.29) is 18.3 Å². The molecule has 1 heterocycles. The van der Waals surface area contributed by atoms with Crippen molar-refractivity contribution in [2.75, 3.05) is 42.9 Å². The topological polar surface area (TPSA) is 35.6 Å². The van der Waals surface area contributed by atoms with Crippen LogP contribution in [0.25, 0.3) is 0 Å². The van der Waals surface area contributed by atoms with Gasteiger partial charge in [0, 0.05) is 31.9 Å². The van der Waals surface area contributed by atoms with Gasteiger partial charge in [0.15, 0.2) is 0 Å². The van der Waals surface area contributed by atoms with Gasteiger partial charge in [-0.05, 0) is 36.8 Å². The summed E-state index contributed by atoms with van der Waals surface area (Å²) in [5.74, 6) is -0.336. The van der Waals surface area contributed by atoms with Crippen LogP contribution in [0.15, 0.2) is 48.5 Å². The molecule has 1 amide bonds. The summed E-state index contributed by atoms with van der Waals surface area (Å²) in [6.07, 6.45) is 0. The highest BCUT2D eigenvalue weighted by Crippen LogP contribution is 2.18. The molecule has 0 radical (unpaired) electrons. The van der Waals surface area contributed by atoms with E-state index in [0.29, 0.717) is 18.8 Å². The van der Waals surface area contributed by atoms with Gasteiger partial charge in [0.2, 0.25) is 5.91 Å². The third kappa shape index (κ3) is 3.85. The number of benzene rings is 2. The van der Waals surface area contributed by atoms with E-state index < -0.39 is 0 Å². The normalized spacial score (nSPS) is 14.6. The SMILES string of the molecule is Cc1cccc(N2CCN(C(=O)CNc3ccccc3F)CC2)c1. The molecule has 126 valence electrons. The molecule has 5 heteroatoms. The largest absolute Gasteiger partial charge is 0.374 e. The fraction of sp³-hybridized carbons (Fsp3) is 0.316. The Balaban J connectivity index is 1.51. The Kier molecular flexibility index (Phi) is 4.99. The molecule has 0 saturated carbocycles. The van der Waals surface area contributed by atoms with E-state index in [4.69, 9.17) is 0 Å². The number of hydrogen-bond acceptors (Lipinski definition) is 3. The van der Waals surface area contributed by atoms with Crippen molar-refractivity contribution < 1.29 is 9.18 Å². The average molecular weight is 327 g/mol. The van der Waals surface area contributed by atoms with E-state index in [1.807, 2.05) is 4.90 Å². The minimum Gasteiger partial charge on any atom is -0.374 e. The van der Waals surface area contributed by atoms with Crippen molar-refractivity contribution >= 4 is 17.3 Å². The van der Waals surface area contributed by atoms with Crippen molar-refractivity contribution in [1.29, 1.82) is 0 Å². The number of amides is 1. The van der Waals surface area contributed by atoms with Crippen molar-refractivity contribution in [3.63, 3.8) is 0 Å². The van der Waals surface area contributed by atoms with Crippen LogP contribution in [-0.2, 0) is 4.79 Å². The Bertz CT molecular complexity index is 711. The van der Waals surface area contributed by atoms with Gasteiger partial charge < -0.3 is 15.1 Å². The molecule has 2 aromatic carbocycles. The van der Waals surface area contributed by atoms with Crippen LogP contribution >= 0.6 is 0 Å². The highest BCUT2D eigenvalue weighted by atomic mass is 19.1. The summed E-state index contributed by atoms with van der Waals surface area (Å²) in [4.78, 5) is 16.4. The molecule has 1 aliphatic rings. The fourth-order valence-corrected chi connectivity index (χ4v) is 2.93. The van der Waals surface area contributed by atoms with Crippen LogP contribution in [0.2, 0.25) is 0 Å². The number of piperazine rings is 1. The monoisotopic (exact) mass is 327 g/mol. The van der Waals surface area contributed by atoms with Crippen LogP contribution in [0.5, 0.6) is 0 Å². The maximum Gasteiger partial charge on any atom is 0.241 e. The standard InChI is InChI=1S/C19H22FN3O/c1-15-5-4-6-16(13-15)22-9-11-23(12-10-22)19(24)14-21-18-8-3-2-7-17(18)20/h2-8,13,21H,9-12,14H2,1H3. The zero-order valence-electron chi connectivity index (χ0n) is 13.8. The van der Waals surface area contributed by atoms with Gasteiger partial charge in [0.25, 0.3) is 0 Å². The first kappa shape index (κ1) is 16.3. The minimum absolute atomic E-state index is 0.00199. The lowest BCUT2D eigenvalue weighted by atomic mass is 10.2. The summed E-state index contributed by atoms with van der Waals surface area (Å²) in [6.45, 7) is 5.20. The summed E-state index contributed by atoms with van der Waals surface area (Å²) in [5.41, 5.74) is 2.80. The van der Waals surface area contributed by atoms with Gasteiger partial charge in [-0.25, -0.2) is 4.39 Å². The molecule has 1 fully saturated rings. The fourth-order valence-electron chi connectivity index (χ4n) is 2.93. The summed E-state index contributed by atoms with van der Waals surface area (Å²) >= 11 is 0. The summed E-state index contributed by atoms with van der Waals surface area (Å²) < 4.78 is 13.6. The predicted molar refractivity (Wildman–Crippen MR) is 94.9 cm³/mol. The third-order valence-corrected chi connectivity index (χ3v) is 4.30. The summed E-state index contributed by atoms with van der Waals surface area (Å²) in [7, 11) is 0. The Morgan fingerprint density at radius 3 is 2.54 bits per heavy atom. The molecule has 0 aromatic heterocycles. The molecular formula is C19H22FN3O. The highest BCUT2D eigenvalue weighted by molar-refractivity contribution is 5.81. The van der Waals surface area contributed by atoms with Gasteiger partial charge in [-0.3, -0.25) is 4.79 Å². The zero-order chi connectivity index (χ0) is 16.9. The summed E-state index contributed by atoms with van der Waals surface area (Å²) in [6, 6.07) is 14.8. The van der Waals surface area contributed by atoms with Gasteiger partial charge in [-0.15, -0.1) is 0 Å². The van der Waals surface area contributed by atoms with Crippen LogP contribution in [-0.4, -0.2) is 43.5 Å². The van der Waals surface area contributed by atoms with Crippen molar-refractivity contribution in [3.05, 3.63) is 59.9 Å². The number of halogens is 1. The molecule has 2 aromatic rings. The Labute approximate surface area is 141 Å². The third-order valence-electron chi connectivity index (χ3n) is 4.30. The lowest BCUT2D eigenvalue weighted by molar-refractivity contribution is -0.129. The first-order valence-electron chi connectivity index (χ1n) is 8.21. The average Bonchev–Trinajstić information content (AvgIpc) is 2.61. The van der Waals surface area contributed by atoms with E-state index in [0.717, 1.165) is 13.1 Å². The molecule has 0 aliphatic carbocycles. The molecule has 1 saturated heterocycles. The number of carbonyl (C=O) groups is 1. The van der Waals surface area contributed by atoms with E-state index >= 15 is 0 Å². The molecule has 0 bridgehead atoms. The maximum absolute atomic E-state index is 13.6. The molecule has 0 atom stereocenters. The second-order valence-corrected chi connectivity index (χ2v) is 6.04. The quantitative estimate of drug-likeness (QED) is 0.938. The van der Waals surface area contributed by atoms with Crippen LogP contribution in [0.4, 0.5) is 15.8 Å². The summed E-state index contributed by atoms with van der Waals surface area (Å²) in [5, 5.41) is 2.88. The molecule has 4 nitrogen and oxygen atoms in total. The second-order valence-electron chi connectivity index (χ2n) is 6.04. The first-order valence-corrected chi connectivity index (χ1v) is 8.21. The Morgan fingerprint density at radius 1 is 1.08 bits per heavy atom. The number of aryl methyl sites for hydroxylation is 1. The molecule has 1 N–H and O–H groups in total. The number of hydrogen-bond donors (Lipinski definition) is 1. The lowest BCUT2D eigenvalue weighted by Gasteiger charge is -2.36. The van der Waals surface area contributed by atoms with E-state index in [9.17, 15) is 9.18 Å². The van der Waals surface area contributed by atoms with Crippen molar-refractivity contribution in [3.8, 4) is 0 Å². The molecule has 0 spiro atoms. The zero-order valence-corrected chi connectivity index (χ0v) is 13.8. The minimum atomic E-state index is -0.338. The lowest BCUT2D eigenvalue weighted by Crippen LogP contribution is -2.50. The molecular weight excluding hydrogens is 305 g/mol. The highest BCUT2D eigenvalue weighted by Gasteiger charge is 2.21. The predicted octanol–water partition coefficient (Wildman–Crippen LogP) is 2.89. The number of para-hydroxylation sites is 1. The van der Waals surface area contributed by atoms with Crippen LogP contribution in [0.3, 0.4) is 0 Å². The first-order chi connectivity index (χ1) is 11.6. The number of rotatable bonds is 4. The van der Waals surface area contributed by atoms with Crippen LogP contribution in [0.1, 0.15) is 5.56 Å². The van der Waals surface area contributed by atoms with E-state index in [1.54, 1.807) is 18.2 Å². The Morgan fingerprint density at radius 2 is 1.83 bits per heavy atom. The second kappa shape index (κ2) is 7.34. The molecule has 1 aliphatic heterocycles. The number of anilines is 2. The number of nitrogens with zero attached hydrogens (tertiary/aromatic N) is 2. The van der Waals surface area contributed by atoms with E-state index in [1.165, 1.54) is 17.3 Å². The van der Waals surface area contributed by atoms with Gasteiger partial charge in [-0.1, -0.05) is 24.3 Å². The van der Waals surface area contributed by atoms with Crippen molar-refractivity contribution in [2.45, 2.75) is 6.92 Å². The van der Waals surface area contributed by atoms with E-state index in [2.05, 4.69) is 41.4 Å². The maximum atomic E-state index is 13.6. The van der Waals surface area contributed by atoms with Gasteiger partial charge in [-0.2, -0.15) is 0 Å². The number of carbonyl (C=O) groups excluding carboxylic acids is 1. The molecule has 24 heavy (non-hydrogen) atoms. The van der Waals surface area contributed by atoms with Crippen molar-refractivity contribution in [1.82, 2.24) is 4.90 Å². The smallest absolute Gasteiger partial charge is 0.241 e. The Hall–Kier alpha value is -2.56. The van der Waals surface area contributed by atoms with Gasteiger partial charge in [0.05, 0.1) is 12.2 Å². The van der Waals surface area contributed by atoms with Crippen molar-refractivity contribution in [2.24, 2.45) is 0 Å². The van der Waals surface area contributed by atoms with Gasteiger partial charge >= 0.3 is 0 Å².